The van der Waals surface area contributed by atoms with E-state index in [0.29, 0.717) is 18.2 Å². The zero-order chi connectivity index (χ0) is 27.7. The number of pyridine rings is 1. The summed E-state index contributed by atoms with van der Waals surface area (Å²) in [5.74, 6) is 0.844. The van der Waals surface area contributed by atoms with E-state index in [0.717, 1.165) is 114 Å². The van der Waals surface area contributed by atoms with Crippen LogP contribution in [-0.4, -0.2) is 129 Å². The highest BCUT2D eigenvalue weighted by molar-refractivity contribution is 5.95. The molecule has 42 heavy (non-hydrogen) atoms. The van der Waals surface area contributed by atoms with Crippen LogP contribution >= 0.6 is 12.4 Å². The van der Waals surface area contributed by atoms with Crippen molar-refractivity contribution in [1.29, 1.82) is 0 Å². The normalized spacial score (nSPS) is 19.8. The number of rotatable bonds is 8. The van der Waals surface area contributed by atoms with Gasteiger partial charge in [-0.1, -0.05) is 0 Å². The molecule has 1 unspecified atom stereocenters. The fraction of sp³-hybridized carbons (Fsp3) is 0.533. The summed E-state index contributed by atoms with van der Waals surface area (Å²) in [5.41, 5.74) is 3.73. The van der Waals surface area contributed by atoms with Crippen LogP contribution in [0.25, 0.3) is 22.2 Å². The summed E-state index contributed by atoms with van der Waals surface area (Å²) in [6.45, 7) is 12.1. The second kappa shape index (κ2) is 16.9. The molecule has 232 valence electrons. The lowest BCUT2D eigenvalue weighted by Gasteiger charge is -2.28. The first kappa shape index (κ1) is 33.9. The van der Waals surface area contributed by atoms with Crippen LogP contribution in [0.3, 0.4) is 0 Å². The fourth-order valence-corrected chi connectivity index (χ4v) is 5.68. The van der Waals surface area contributed by atoms with E-state index in [4.69, 9.17) is 14.2 Å². The first-order valence-electron chi connectivity index (χ1n) is 14.2. The van der Waals surface area contributed by atoms with E-state index in [1.54, 1.807) is 19.4 Å². The lowest BCUT2D eigenvalue weighted by molar-refractivity contribution is -0.109. The number of likely N-dealkylation sites (tertiary alicyclic amines) is 1. The molecule has 0 saturated carbocycles. The molecule has 12 heteroatoms. The van der Waals surface area contributed by atoms with Crippen LogP contribution in [-0.2, 0) is 14.3 Å². The molecule has 0 spiro atoms. The van der Waals surface area contributed by atoms with Crippen molar-refractivity contribution in [2.75, 3.05) is 92.4 Å². The Balaban J connectivity index is 0.000000380. The summed E-state index contributed by atoms with van der Waals surface area (Å²) in [7, 11) is 1.61. The van der Waals surface area contributed by atoms with Gasteiger partial charge in [-0.15, -0.1) is 12.4 Å². The van der Waals surface area contributed by atoms with Crippen LogP contribution < -0.4 is 4.74 Å². The Hall–Kier alpha value is -2.64. The molecule has 0 radical (unpaired) electrons. The summed E-state index contributed by atoms with van der Waals surface area (Å²) >= 11 is 0. The first-order chi connectivity index (χ1) is 19.6. The molecule has 1 atom stereocenters. The minimum absolute atomic E-state index is 0. The summed E-state index contributed by atoms with van der Waals surface area (Å²) in [6.07, 6.45) is 3.84. The molecule has 3 fully saturated rings. The molecule has 3 N–H and O–H groups in total. The van der Waals surface area contributed by atoms with E-state index in [2.05, 4.69) is 30.7 Å². The van der Waals surface area contributed by atoms with Crippen LogP contribution in [0.15, 0.2) is 36.5 Å². The van der Waals surface area contributed by atoms with E-state index in [1.165, 1.54) is 17.8 Å². The van der Waals surface area contributed by atoms with Crippen LogP contribution in [0.2, 0.25) is 0 Å². The highest BCUT2D eigenvalue weighted by Gasteiger charge is 2.26. The van der Waals surface area contributed by atoms with E-state index in [1.807, 2.05) is 6.07 Å². The van der Waals surface area contributed by atoms with Gasteiger partial charge in [-0.05, 0) is 48.9 Å². The van der Waals surface area contributed by atoms with Gasteiger partial charge in [0, 0.05) is 74.6 Å². The third-order valence-electron chi connectivity index (χ3n) is 7.99. The Kier molecular flexibility index (Phi) is 13.6. The van der Waals surface area contributed by atoms with Crippen molar-refractivity contribution in [3.8, 4) is 16.9 Å². The molecule has 10 nitrogen and oxygen atoms in total. The van der Waals surface area contributed by atoms with Gasteiger partial charge in [0.15, 0.2) is 0 Å². The number of hydrogen-bond acceptors (Lipinski definition) is 8. The number of nitrogens with zero attached hydrogens (tertiary/aromatic N) is 4. The number of carbonyl (C=O) groups is 1. The molecule has 3 aliphatic rings. The van der Waals surface area contributed by atoms with Crippen molar-refractivity contribution < 1.29 is 28.9 Å². The summed E-state index contributed by atoms with van der Waals surface area (Å²) in [6, 6.07) is 8.75. The van der Waals surface area contributed by atoms with E-state index in [-0.39, 0.29) is 23.7 Å². The van der Waals surface area contributed by atoms with Gasteiger partial charge >= 0.3 is 0 Å². The van der Waals surface area contributed by atoms with Crippen molar-refractivity contribution in [1.82, 2.24) is 24.7 Å². The van der Waals surface area contributed by atoms with Crippen LogP contribution in [0, 0.1) is 5.82 Å². The molecule has 6 rings (SSSR count). The number of carbonyl (C=O) groups excluding carboxylic acids is 1. The van der Waals surface area contributed by atoms with E-state index >= 15 is 0 Å². The number of aldehydes is 1. The van der Waals surface area contributed by atoms with Gasteiger partial charge in [0.25, 0.3) is 0 Å². The zero-order valence-electron chi connectivity index (χ0n) is 24.2. The molecule has 0 bridgehead atoms. The molecule has 3 aromatic rings. The standard InChI is InChI=1S/C24H29FN4O2.C6H11NO2.ClH.H2O/c1-30-23-3-2-18(25)14-20(23)19-4-6-26-24-21(19)15-22(27-24)17-5-7-29(16-17)9-8-28-10-12-31-13-11-28;8-4-1-7-2-5-9-6-3-7;;/h2-4,6,14-15,17H,5,7-13,16H2,1H3,(H,26,27);4H,1-3,5-6H2;1H;1H2. The van der Waals surface area contributed by atoms with Gasteiger partial charge in [-0.25, -0.2) is 9.37 Å². The molecule has 5 heterocycles. The summed E-state index contributed by atoms with van der Waals surface area (Å²) < 4.78 is 30.0. The Morgan fingerprint density at radius 2 is 1.67 bits per heavy atom. The molecule has 3 aliphatic heterocycles. The monoisotopic (exact) mass is 607 g/mol. The smallest absolute Gasteiger partial charge is 0.138 e. The van der Waals surface area contributed by atoms with Crippen LogP contribution in [0.5, 0.6) is 5.75 Å². The lowest BCUT2D eigenvalue weighted by Crippen LogP contribution is -2.41. The second-order valence-electron chi connectivity index (χ2n) is 10.5. The highest BCUT2D eigenvalue weighted by atomic mass is 35.5. The number of aromatic amines is 1. The molecule has 2 aromatic heterocycles. The summed E-state index contributed by atoms with van der Waals surface area (Å²) in [5, 5.41) is 1.01. The number of morpholine rings is 2. The molecule has 1 aromatic carbocycles. The van der Waals surface area contributed by atoms with Gasteiger partial charge in [-0.3, -0.25) is 9.80 Å². The zero-order valence-corrected chi connectivity index (χ0v) is 25.0. The Morgan fingerprint density at radius 1 is 0.976 bits per heavy atom. The number of hydrogen-bond donors (Lipinski definition) is 1. The lowest BCUT2D eigenvalue weighted by atomic mass is 10.0. The van der Waals surface area contributed by atoms with E-state index in [9.17, 15) is 9.18 Å². The molecule has 0 amide bonds. The number of halogens is 2. The number of methoxy groups -OCH3 is 1. The van der Waals surface area contributed by atoms with Crippen molar-refractivity contribution in [3.05, 3.63) is 48.0 Å². The number of nitrogens with one attached hydrogen (secondary N) is 1. The number of aromatic nitrogens is 2. The Bertz CT molecular complexity index is 1250. The number of benzene rings is 1. The van der Waals surface area contributed by atoms with Gasteiger partial charge in [0.05, 0.1) is 40.1 Å². The Labute approximate surface area is 252 Å². The third-order valence-corrected chi connectivity index (χ3v) is 7.99. The third kappa shape index (κ3) is 8.70. The van der Waals surface area contributed by atoms with Crippen LogP contribution in [0.4, 0.5) is 4.39 Å². The quantitative estimate of drug-likeness (QED) is 0.389. The van der Waals surface area contributed by atoms with Crippen molar-refractivity contribution in [2.45, 2.75) is 12.3 Å². The Morgan fingerprint density at radius 3 is 2.36 bits per heavy atom. The minimum atomic E-state index is -0.275. The molecule has 3 saturated heterocycles. The van der Waals surface area contributed by atoms with Crippen molar-refractivity contribution in [2.24, 2.45) is 0 Å². The minimum Gasteiger partial charge on any atom is -0.496 e. The largest absolute Gasteiger partial charge is 0.496 e. The maximum absolute atomic E-state index is 14.0. The maximum Gasteiger partial charge on any atom is 0.138 e. The van der Waals surface area contributed by atoms with E-state index < -0.39 is 0 Å². The number of ether oxygens (including phenoxy) is 3. The van der Waals surface area contributed by atoms with Crippen LogP contribution in [0.1, 0.15) is 18.0 Å². The molecule has 0 aliphatic carbocycles. The average Bonchev–Trinajstić information content (AvgIpc) is 3.65. The highest BCUT2D eigenvalue weighted by Crippen LogP contribution is 2.37. The predicted molar refractivity (Wildman–Crippen MR) is 163 cm³/mol. The van der Waals surface area contributed by atoms with Gasteiger partial charge in [0.2, 0.25) is 0 Å². The summed E-state index contributed by atoms with van der Waals surface area (Å²) in [4.78, 5) is 25.2. The number of H-pyrrole nitrogens is 1. The van der Waals surface area contributed by atoms with Gasteiger partial charge in [-0.2, -0.15) is 0 Å². The van der Waals surface area contributed by atoms with Gasteiger partial charge in [0.1, 0.15) is 23.5 Å². The molecular formula is C30H43ClFN5O5. The maximum atomic E-state index is 14.0. The van der Waals surface area contributed by atoms with Crippen molar-refractivity contribution in [3.63, 3.8) is 0 Å². The predicted octanol–water partition coefficient (Wildman–Crippen LogP) is 2.61. The van der Waals surface area contributed by atoms with Crippen molar-refractivity contribution >= 4 is 29.7 Å². The number of fused-ring (bicyclic) bond motifs is 1. The first-order valence-corrected chi connectivity index (χ1v) is 14.2. The second-order valence-corrected chi connectivity index (χ2v) is 10.5. The van der Waals surface area contributed by atoms with Gasteiger partial charge < -0.3 is 34.4 Å². The SMILES string of the molecule is COc1ccc(F)cc1-c1ccnc2[nH]c(C3CCN(CCN4CCOCC4)C3)cc12.Cl.O.O=CCN1CCOCC1. The average molecular weight is 608 g/mol. The fourth-order valence-electron chi connectivity index (χ4n) is 5.68. The topological polar surface area (TPSA) is 115 Å². The molecular weight excluding hydrogens is 565 g/mol.